The van der Waals surface area contributed by atoms with Gasteiger partial charge in [-0.3, -0.25) is 4.79 Å². The van der Waals surface area contributed by atoms with Gasteiger partial charge < -0.3 is 10.8 Å². The number of hydrogen-bond donors (Lipinski definition) is 2. The fraction of sp³-hybridized carbons (Fsp3) is 0.105. The number of imidazole rings is 1. The van der Waals surface area contributed by atoms with Gasteiger partial charge in [0.05, 0.1) is 24.5 Å². The molecule has 25 heavy (non-hydrogen) atoms. The summed E-state index contributed by atoms with van der Waals surface area (Å²) in [6.07, 6.45) is 3.52. The minimum Gasteiger partial charge on any atom is -0.481 e. The predicted molar refractivity (Wildman–Crippen MR) is 97.6 cm³/mol. The highest BCUT2D eigenvalue weighted by molar-refractivity contribution is 5.81. The number of aryl methyl sites for hydroxylation is 1. The molecule has 6 nitrogen and oxygen atoms in total. The first-order valence-corrected chi connectivity index (χ1v) is 7.78. The van der Waals surface area contributed by atoms with Crippen LogP contribution in [0.4, 0.5) is 5.95 Å². The molecular formula is C19H18N4O2. The van der Waals surface area contributed by atoms with E-state index in [0.29, 0.717) is 5.95 Å². The number of benzene rings is 2. The Labute approximate surface area is 145 Å². The van der Waals surface area contributed by atoms with E-state index in [2.05, 4.69) is 10.1 Å². The summed E-state index contributed by atoms with van der Waals surface area (Å²) in [7, 11) is 0. The molecule has 0 spiro atoms. The van der Waals surface area contributed by atoms with E-state index >= 15 is 0 Å². The first kappa shape index (κ1) is 16.4. The van der Waals surface area contributed by atoms with Crippen LogP contribution in [-0.4, -0.2) is 27.0 Å². The minimum absolute atomic E-state index is 0.0343. The average molecular weight is 334 g/mol. The summed E-state index contributed by atoms with van der Waals surface area (Å²) in [5, 5.41) is 13.1. The van der Waals surface area contributed by atoms with Crippen LogP contribution in [0.5, 0.6) is 0 Å². The van der Waals surface area contributed by atoms with Crippen LogP contribution in [-0.2, 0) is 11.2 Å². The molecule has 2 aromatic carbocycles. The van der Waals surface area contributed by atoms with E-state index < -0.39 is 5.97 Å². The van der Waals surface area contributed by atoms with Crippen LogP contribution in [0.25, 0.3) is 11.1 Å². The summed E-state index contributed by atoms with van der Waals surface area (Å²) >= 11 is 0. The lowest BCUT2D eigenvalue weighted by atomic mass is 10.0. The number of carbonyl (C=O) groups is 1. The average Bonchev–Trinajstić information content (AvgIpc) is 2.91. The fourth-order valence-corrected chi connectivity index (χ4v) is 2.48. The number of nitrogens with two attached hydrogens (primary N) is 1. The van der Waals surface area contributed by atoms with Gasteiger partial charge in [-0.25, -0.2) is 9.66 Å². The number of nitrogen functional groups attached to an aromatic ring is 1. The lowest BCUT2D eigenvalue weighted by molar-refractivity contribution is -0.136. The van der Waals surface area contributed by atoms with Gasteiger partial charge in [-0.05, 0) is 29.2 Å². The summed E-state index contributed by atoms with van der Waals surface area (Å²) in [6, 6.07) is 15.4. The molecule has 0 radical (unpaired) electrons. The largest absolute Gasteiger partial charge is 0.481 e. The molecule has 3 rings (SSSR count). The Hall–Kier alpha value is -3.41. The zero-order valence-electron chi connectivity index (χ0n) is 13.8. The Morgan fingerprint density at radius 2 is 1.76 bits per heavy atom. The summed E-state index contributed by atoms with van der Waals surface area (Å²) in [5.74, 6) is -0.475. The van der Waals surface area contributed by atoms with E-state index in [0.717, 1.165) is 27.9 Å². The maximum absolute atomic E-state index is 10.7. The van der Waals surface area contributed by atoms with Crippen LogP contribution in [0.1, 0.15) is 16.8 Å². The molecule has 0 amide bonds. The minimum atomic E-state index is -0.829. The van der Waals surface area contributed by atoms with Crippen molar-refractivity contribution in [2.24, 2.45) is 5.10 Å². The predicted octanol–water partition coefficient (Wildman–Crippen LogP) is 2.95. The highest BCUT2D eigenvalue weighted by Crippen LogP contribution is 2.20. The zero-order valence-corrected chi connectivity index (χ0v) is 13.8. The monoisotopic (exact) mass is 334 g/mol. The molecule has 126 valence electrons. The Bertz CT molecular complexity index is 910. The van der Waals surface area contributed by atoms with Crippen molar-refractivity contribution in [1.82, 2.24) is 9.66 Å². The van der Waals surface area contributed by atoms with Gasteiger partial charge in [-0.15, -0.1) is 0 Å². The van der Waals surface area contributed by atoms with E-state index in [1.165, 1.54) is 4.68 Å². The van der Waals surface area contributed by atoms with Gasteiger partial charge in [0, 0.05) is 0 Å². The van der Waals surface area contributed by atoms with Crippen LogP contribution in [0.3, 0.4) is 0 Å². The molecule has 0 aliphatic heterocycles. The van der Waals surface area contributed by atoms with E-state index in [9.17, 15) is 4.79 Å². The summed E-state index contributed by atoms with van der Waals surface area (Å²) in [5.41, 5.74) is 10.4. The van der Waals surface area contributed by atoms with Gasteiger partial charge in [0.15, 0.2) is 0 Å². The molecule has 0 fully saturated rings. The van der Waals surface area contributed by atoms with Crippen LogP contribution >= 0.6 is 0 Å². The number of rotatable bonds is 5. The lowest BCUT2D eigenvalue weighted by Crippen LogP contribution is -1.99. The third-order valence-electron chi connectivity index (χ3n) is 3.72. The van der Waals surface area contributed by atoms with Crippen molar-refractivity contribution in [1.29, 1.82) is 0 Å². The number of aliphatic carboxylic acids is 1. The standard InChI is InChI=1S/C19H18N4O2/c1-13-12-23(19(20)22-13)21-11-15-4-8-17(9-5-15)16-6-2-14(3-7-16)10-18(24)25/h2-9,11-12H,10H2,1H3,(H2,20,22)(H,24,25). The van der Waals surface area contributed by atoms with Crippen molar-refractivity contribution in [2.75, 3.05) is 5.73 Å². The van der Waals surface area contributed by atoms with Crippen molar-refractivity contribution < 1.29 is 9.90 Å². The second-order valence-electron chi connectivity index (χ2n) is 5.72. The number of anilines is 1. The normalized spacial score (nSPS) is 11.1. The summed E-state index contributed by atoms with van der Waals surface area (Å²) < 4.78 is 1.53. The topological polar surface area (TPSA) is 93.5 Å². The number of carboxylic acids is 1. The molecule has 0 saturated carbocycles. The molecule has 6 heteroatoms. The van der Waals surface area contributed by atoms with E-state index in [1.807, 2.05) is 55.5 Å². The van der Waals surface area contributed by atoms with Gasteiger partial charge in [0.25, 0.3) is 0 Å². The van der Waals surface area contributed by atoms with Gasteiger partial charge in [0.2, 0.25) is 5.95 Å². The van der Waals surface area contributed by atoms with Crippen molar-refractivity contribution in [2.45, 2.75) is 13.3 Å². The Morgan fingerprint density at radius 1 is 1.16 bits per heavy atom. The van der Waals surface area contributed by atoms with Crippen molar-refractivity contribution in [3.05, 3.63) is 71.5 Å². The highest BCUT2D eigenvalue weighted by atomic mass is 16.4. The quantitative estimate of drug-likeness (QED) is 0.702. The molecule has 1 heterocycles. The molecule has 0 bridgehead atoms. The van der Waals surface area contributed by atoms with Gasteiger partial charge >= 0.3 is 5.97 Å². The second kappa shape index (κ2) is 7.00. The first-order chi connectivity index (χ1) is 12.0. The molecule has 3 aromatic rings. The summed E-state index contributed by atoms with van der Waals surface area (Å²) in [6.45, 7) is 1.86. The fourth-order valence-electron chi connectivity index (χ4n) is 2.48. The maximum atomic E-state index is 10.7. The lowest BCUT2D eigenvalue weighted by Gasteiger charge is -2.04. The third-order valence-corrected chi connectivity index (χ3v) is 3.72. The molecule has 0 aliphatic rings. The molecule has 3 N–H and O–H groups in total. The second-order valence-corrected chi connectivity index (χ2v) is 5.72. The van der Waals surface area contributed by atoms with Crippen LogP contribution in [0, 0.1) is 6.92 Å². The van der Waals surface area contributed by atoms with Crippen molar-refractivity contribution in [3.63, 3.8) is 0 Å². The van der Waals surface area contributed by atoms with E-state index in [4.69, 9.17) is 10.8 Å². The highest BCUT2D eigenvalue weighted by Gasteiger charge is 2.02. The summed E-state index contributed by atoms with van der Waals surface area (Å²) in [4.78, 5) is 14.8. The molecule has 0 atom stereocenters. The van der Waals surface area contributed by atoms with Crippen LogP contribution in [0.15, 0.2) is 59.8 Å². The molecule has 0 saturated heterocycles. The first-order valence-electron chi connectivity index (χ1n) is 7.78. The molecular weight excluding hydrogens is 316 g/mol. The Balaban J connectivity index is 1.73. The Kier molecular flexibility index (Phi) is 4.61. The van der Waals surface area contributed by atoms with Crippen molar-refractivity contribution in [3.8, 4) is 11.1 Å². The number of aromatic nitrogens is 2. The molecule has 0 aliphatic carbocycles. The maximum Gasteiger partial charge on any atom is 0.307 e. The zero-order chi connectivity index (χ0) is 17.8. The van der Waals surface area contributed by atoms with Crippen LogP contribution in [0.2, 0.25) is 0 Å². The van der Waals surface area contributed by atoms with Gasteiger partial charge in [-0.1, -0.05) is 48.5 Å². The smallest absolute Gasteiger partial charge is 0.307 e. The number of nitrogens with zero attached hydrogens (tertiary/aromatic N) is 3. The number of carboxylic acid groups (broad SMARTS) is 1. The Morgan fingerprint density at radius 3 is 2.28 bits per heavy atom. The number of hydrogen-bond acceptors (Lipinski definition) is 4. The van der Waals surface area contributed by atoms with Gasteiger partial charge in [0.1, 0.15) is 0 Å². The molecule has 0 unspecified atom stereocenters. The van der Waals surface area contributed by atoms with E-state index in [1.54, 1.807) is 12.4 Å². The third kappa shape index (κ3) is 4.11. The van der Waals surface area contributed by atoms with Gasteiger partial charge in [-0.2, -0.15) is 5.10 Å². The van der Waals surface area contributed by atoms with Crippen molar-refractivity contribution >= 4 is 18.1 Å². The van der Waals surface area contributed by atoms with Crippen LogP contribution < -0.4 is 5.73 Å². The SMILES string of the molecule is Cc1cn(N=Cc2ccc(-c3ccc(CC(=O)O)cc3)cc2)c(N)n1. The molecule has 1 aromatic heterocycles. The van der Waals surface area contributed by atoms with E-state index in [-0.39, 0.29) is 6.42 Å².